The predicted octanol–water partition coefficient (Wildman–Crippen LogP) is 8.36. The zero-order valence-electron chi connectivity index (χ0n) is 20.6. The van der Waals surface area contributed by atoms with Gasteiger partial charge >= 0.3 is 5.97 Å². The average molecular weight is 453 g/mol. The molecule has 4 heteroatoms. The first-order valence-corrected chi connectivity index (χ1v) is 12.5. The van der Waals surface area contributed by atoms with Crippen LogP contribution in [-0.4, -0.2) is 12.6 Å². The maximum Gasteiger partial charge on any atom is 0.343 e. The van der Waals surface area contributed by atoms with Gasteiger partial charge in [-0.25, -0.2) is 4.79 Å². The quantitative estimate of drug-likeness (QED) is 0.111. The smallest absolute Gasteiger partial charge is 0.343 e. The fraction of sp³-hybridized carbons (Fsp3) is 0.483. The Hall–Kier alpha value is -2.75. The van der Waals surface area contributed by atoms with Crippen molar-refractivity contribution in [1.82, 2.24) is 0 Å². The van der Waals surface area contributed by atoms with Crippen molar-refractivity contribution in [3.8, 4) is 17.2 Å². The van der Waals surface area contributed by atoms with Crippen molar-refractivity contribution in [2.75, 3.05) is 6.61 Å². The molecule has 0 spiro atoms. The van der Waals surface area contributed by atoms with Crippen molar-refractivity contribution < 1.29 is 19.0 Å². The summed E-state index contributed by atoms with van der Waals surface area (Å²) >= 11 is 0. The summed E-state index contributed by atoms with van der Waals surface area (Å²) in [5.74, 6) is 2.30. The number of carbonyl (C=O) groups excluding carboxylic acids is 1. The third-order valence-electron chi connectivity index (χ3n) is 5.71. The van der Waals surface area contributed by atoms with Crippen LogP contribution in [-0.2, 0) is 0 Å². The van der Waals surface area contributed by atoms with Crippen LogP contribution >= 0.6 is 0 Å². The van der Waals surface area contributed by atoms with Gasteiger partial charge in [0.15, 0.2) is 0 Å². The Labute approximate surface area is 200 Å². The highest BCUT2D eigenvalue weighted by Crippen LogP contribution is 2.20. The average Bonchev–Trinajstić information content (AvgIpc) is 2.84. The Morgan fingerprint density at radius 3 is 2.21 bits per heavy atom. The fourth-order valence-corrected chi connectivity index (χ4v) is 3.33. The van der Waals surface area contributed by atoms with E-state index in [1.807, 2.05) is 12.1 Å². The van der Waals surface area contributed by atoms with Crippen LogP contribution in [0.2, 0.25) is 0 Å². The molecule has 0 saturated heterocycles. The van der Waals surface area contributed by atoms with E-state index in [-0.39, 0.29) is 0 Å². The lowest BCUT2D eigenvalue weighted by Crippen LogP contribution is -2.08. The second-order valence-corrected chi connectivity index (χ2v) is 8.58. The standard InChI is InChI=1S/C29H40O4/c1-4-6-7-8-9-10-11-22-31-27-18-20-28(21-19-27)33-29(30)25-14-16-26(17-15-25)32-23-12-13-24(3)5-2/h11,14-22,24H,4-10,12-13,23H2,1-3H3/b22-11+/t24-/m0/s1. The highest BCUT2D eigenvalue weighted by molar-refractivity contribution is 5.91. The van der Waals surface area contributed by atoms with Gasteiger partial charge in [0.05, 0.1) is 18.4 Å². The van der Waals surface area contributed by atoms with Crippen molar-refractivity contribution in [3.05, 3.63) is 66.4 Å². The van der Waals surface area contributed by atoms with Gasteiger partial charge in [0, 0.05) is 0 Å². The Balaban J connectivity index is 1.70. The molecule has 0 aliphatic heterocycles. The van der Waals surface area contributed by atoms with E-state index in [1.54, 1.807) is 42.7 Å². The van der Waals surface area contributed by atoms with E-state index in [2.05, 4.69) is 26.8 Å². The highest BCUT2D eigenvalue weighted by atomic mass is 16.5. The van der Waals surface area contributed by atoms with Crippen LogP contribution in [0, 0.1) is 5.92 Å². The molecule has 0 N–H and O–H groups in total. The van der Waals surface area contributed by atoms with E-state index in [9.17, 15) is 4.79 Å². The van der Waals surface area contributed by atoms with Gasteiger partial charge in [0.25, 0.3) is 0 Å². The maximum atomic E-state index is 12.4. The summed E-state index contributed by atoms with van der Waals surface area (Å²) in [6.45, 7) is 7.39. The second-order valence-electron chi connectivity index (χ2n) is 8.58. The van der Waals surface area contributed by atoms with Gasteiger partial charge in [-0.1, -0.05) is 52.9 Å². The lowest BCUT2D eigenvalue weighted by Gasteiger charge is -2.10. The fourth-order valence-electron chi connectivity index (χ4n) is 3.33. The number of carbonyl (C=O) groups is 1. The molecule has 33 heavy (non-hydrogen) atoms. The number of hydrogen-bond donors (Lipinski definition) is 0. The third kappa shape index (κ3) is 11.1. The minimum atomic E-state index is -0.394. The Bertz CT molecular complexity index is 809. The summed E-state index contributed by atoms with van der Waals surface area (Å²) in [6, 6.07) is 14.2. The first-order valence-electron chi connectivity index (χ1n) is 12.5. The van der Waals surface area contributed by atoms with Crippen molar-refractivity contribution >= 4 is 5.97 Å². The lowest BCUT2D eigenvalue weighted by molar-refractivity contribution is 0.0734. The van der Waals surface area contributed by atoms with Gasteiger partial charge in [-0.3, -0.25) is 0 Å². The molecule has 0 amide bonds. The summed E-state index contributed by atoms with van der Waals surface area (Å²) in [5, 5.41) is 0. The van der Waals surface area contributed by atoms with E-state index in [1.165, 1.54) is 44.9 Å². The zero-order chi connectivity index (χ0) is 23.7. The summed E-state index contributed by atoms with van der Waals surface area (Å²) in [6.07, 6.45) is 14.6. The first-order chi connectivity index (χ1) is 16.1. The van der Waals surface area contributed by atoms with E-state index >= 15 is 0 Å². The minimum Gasteiger partial charge on any atom is -0.494 e. The molecule has 0 bridgehead atoms. The van der Waals surface area contributed by atoms with E-state index in [4.69, 9.17) is 14.2 Å². The van der Waals surface area contributed by atoms with E-state index < -0.39 is 5.97 Å². The lowest BCUT2D eigenvalue weighted by atomic mass is 10.0. The largest absolute Gasteiger partial charge is 0.494 e. The number of unbranched alkanes of at least 4 members (excludes halogenated alkanes) is 5. The molecule has 4 nitrogen and oxygen atoms in total. The van der Waals surface area contributed by atoms with Crippen LogP contribution < -0.4 is 14.2 Å². The van der Waals surface area contributed by atoms with Crippen LogP contribution in [0.4, 0.5) is 0 Å². The number of allylic oxidation sites excluding steroid dienone is 1. The topological polar surface area (TPSA) is 44.8 Å². The highest BCUT2D eigenvalue weighted by Gasteiger charge is 2.09. The number of rotatable bonds is 16. The van der Waals surface area contributed by atoms with Gasteiger partial charge < -0.3 is 14.2 Å². The predicted molar refractivity (Wildman–Crippen MR) is 135 cm³/mol. The van der Waals surface area contributed by atoms with Crippen molar-refractivity contribution in [2.45, 2.75) is 78.6 Å². The van der Waals surface area contributed by atoms with Gasteiger partial charge in [-0.15, -0.1) is 0 Å². The summed E-state index contributed by atoms with van der Waals surface area (Å²) < 4.78 is 16.8. The SMILES string of the molecule is CCCCCCC/C=C/Oc1ccc(OC(=O)c2ccc(OCCC[C@@H](C)CC)cc2)cc1. The van der Waals surface area contributed by atoms with Crippen molar-refractivity contribution in [1.29, 1.82) is 0 Å². The van der Waals surface area contributed by atoms with Gasteiger partial charge in [-0.05, 0) is 86.2 Å². The van der Waals surface area contributed by atoms with Crippen molar-refractivity contribution in [2.24, 2.45) is 5.92 Å². The van der Waals surface area contributed by atoms with Crippen molar-refractivity contribution in [3.63, 3.8) is 0 Å². The van der Waals surface area contributed by atoms with Crippen LogP contribution in [0.25, 0.3) is 0 Å². The molecule has 0 fully saturated rings. The van der Waals surface area contributed by atoms with Gasteiger partial charge in [-0.2, -0.15) is 0 Å². The number of esters is 1. The van der Waals surface area contributed by atoms with E-state index in [0.29, 0.717) is 23.7 Å². The minimum absolute atomic E-state index is 0.394. The maximum absolute atomic E-state index is 12.4. The van der Waals surface area contributed by atoms with E-state index in [0.717, 1.165) is 24.5 Å². The van der Waals surface area contributed by atoms with Gasteiger partial charge in [0.2, 0.25) is 0 Å². The second kappa shape index (κ2) is 16.0. The number of benzene rings is 2. The summed E-state index contributed by atoms with van der Waals surface area (Å²) in [7, 11) is 0. The summed E-state index contributed by atoms with van der Waals surface area (Å²) in [4.78, 5) is 12.4. The molecular weight excluding hydrogens is 412 g/mol. The first kappa shape index (κ1) is 26.5. The molecule has 0 aliphatic carbocycles. The molecule has 2 rings (SSSR count). The van der Waals surface area contributed by atoms with Crippen LogP contribution in [0.5, 0.6) is 17.2 Å². The molecular formula is C29H40O4. The van der Waals surface area contributed by atoms with Crippen LogP contribution in [0.3, 0.4) is 0 Å². The molecule has 0 aliphatic rings. The molecule has 0 heterocycles. The monoisotopic (exact) mass is 452 g/mol. The molecule has 2 aromatic carbocycles. The molecule has 0 aromatic heterocycles. The number of hydrogen-bond acceptors (Lipinski definition) is 4. The Morgan fingerprint density at radius 2 is 1.52 bits per heavy atom. The van der Waals surface area contributed by atoms with Gasteiger partial charge in [0.1, 0.15) is 17.2 Å². The molecule has 180 valence electrons. The molecule has 0 saturated carbocycles. The molecule has 2 aromatic rings. The van der Waals surface area contributed by atoms with Crippen LogP contribution in [0.15, 0.2) is 60.9 Å². The molecule has 0 unspecified atom stereocenters. The Morgan fingerprint density at radius 1 is 0.848 bits per heavy atom. The summed E-state index contributed by atoms with van der Waals surface area (Å²) in [5.41, 5.74) is 0.490. The normalized spacial score (nSPS) is 12.0. The zero-order valence-corrected chi connectivity index (χ0v) is 20.6. The van der Waals surface area contributed by atoms with Crippen LogP contribution in [0.1, 0.15) is 88.9 Å². The number of ether oxygens (including phenoxy) is 3. The Kier molecular flexibility index (Phi) is 12.8. The molecule has 1 atom stereocenters. The molecule has 0 radical (unpaired) electrons. The third-order valence-corrected chi connectivity index (χ3v) is 5.71.